The number of carboxylic acids is 1. The number of rotatable bonds is 10. The van der Waals surface area contributed by atoms with Crippen molar-refractivity contribution in [3.63, 3.8) is 0 Å². The molecule has 1 aliphatic rings. The van der Waals surface area contributed by atoms with Crippen LogP contribution < -0.4 is 10.6 Å². The molecular formula is C27H30N4O4. The first-order chi connectivity index (χ1) is 16.9. The maximum Gasteiger partial charge on any atom is 0.412 e. The molecule has 1 heterocycles. The van der Waals surface area contributed by atoms with Gasteiger partial charge in [-0.05, 0) is 43.7 Å². The van der Waals surface area contributed by atoms with E-state index in [0.717, 1.165) is 29.5 Å². The van der Waals surface area contributed by atoms with Crippen molar-refractivity contribution in [1.82, 2.24) is 15.3 Å². The molecule has 3 unspecified atom stereocenters. The topological polar surface area (TPSA) is 113 Å². The first kappa shape index (κ1) is 24.3. The quantitative estimate of drug-likeness (QED) is 0.377. The summed E-state index contributed by atoms with van der Waals surface area (Å²) in [5, 5.41) is 15.6. The number of anilines is 1. The lowest BCUT2D eigenvalue weighted by Gasteiger charge is -2.21. The van der Waals surface area contributed by atoms with Crippen molar-refractivity contribution in [1.29, 1.82) is 0 Å². The number of aromatic nitrogens is 2. The molecule has 1 aliphatic carbocycles. The van der Waals surface area contributed by atoms with Crippen LogP contribution in [0.25, 0.3) is 11.3 Å². The van der Waals surface area contributed by atoms with Crippen LogP contribution in [0.4, 0.5) is 10.5 Å². The molecule has 3 atom stereocenters. The molecule has 3 aromatic rings. The Labute approximate surface area is 204 Å². The zero-order chi connectivity index (χ0) is 24.8. The van der Waals surface area contributed by atoms with Gasteiger partial charge in [0.25, 0.3) is 0 Å². The van der Waals surface area contributed by atoms with Crippen molar-refractivity contribution in [2.75, 3.05) is 5.32 Å². The average molecular weight is 475 g/mol. The molecule has 8 heteroatoms. The predicted octanol–water partition coefficient (Wildman–Crippen LogP) is 5.04. The Balaban J connectivity index is 1.38. The van der Waals surface area contributed by atoms with Crippen molar-refractivity contribution >= 4 is 17.7 Å². The second kappa shape index (κ2) is 11.1. The molecule has 1 aromatic heterocycles. The van der Waals surface area contributed by atoms with Gasteiger partial charge < -0.3 is 15.2 Å². The van der Waals surface area contributed by atoms with E-state index in [2.05, 4.69) is 20.6 Å². The van der Waals surface area contributed by atoms with E-state index in [0.29, 0.717) is 17.9 Å². The normalized spacial score (nSPS) is 15.6. The molecule has 1 amide bonds. The van der Waals surface area contributed by atoms with Gasteiger partial charge in [-0.15, -0.1) is 0 Å². The fraction of sp³-hybridized carbons (Fsp3) is 0.333. The average Bonchev–Trinajstić information content (AvgIpc) is 3.69. The molecule has 0 spiro atoms. The lowest BCUT2D eigenvalue weighted by molar-refractivity contribution is -0.143. The lowest BCUT2D eigenvalue weighted by atomic mass is 9.95. The third-order valence-corrected chi connectivity index (χ3v) is 6.31. The maximum absolute atomic E-state index is 12.5. The van der Waals surface area contributed by atoms with Crippen LogP contribution >= 0.6 is 0 Å². The van der Waals surface area contributed by atoms with Gasteiger partial charge in [-0.3, -0.25) is 10.1 Å². The van der Waals surface area contributed by atoms with Gasteiger partial charge in [-0.2, -0.15) is 0 Å². The third-order valence-electron chi connectivity index (χ3n) is 6.31. The van der Waals surface area contributed by atoms with Gasteiger partial charge in [0.2, 0.25) is 0 Å². The fourth-order valence-corrected chi connectivity index (χ4v) is 4.21. The van der Waals surface area contributed by atoms with Gasteiger partial charge in [-0.25, -0.2) is 14.8 Å². The summed E-state index contributed by atoms with van der Waals surface area (Å²) in [5.41, 5.74) is 3.78. The molecule has 1 saturated carbocycles. The Bertz CT molecular complexity index is 1150. The molecule has 3 N–H and O–H groups in total. The van der Waals surface area contributed by atoms with Crippen LogP contribution in [0.15, 0.2) is 67.1 Å². The van der Waals surface area contributed by atoms with Gasteiger partial charge in [-0.1, -0.05) is 54.6 Å². The molecule has 1 fully saturated rings. The molecule has 0 radical (unpaired) electrons. The Hall–Kier alpha value is -3.78. The van der Waals surface area contributed by atoms with Crippen LogP contribution in [-0.4, -0.2) is 33.2 Å². The summed E-state index contributed by atoms with van der Waals surface area (Å²) >= 11 is 0. The molecule has 4 rings (SSSR count). The first-order valence-electron chi connectivity index (χ1n) is 11.8. The van der Waals surface area contributed by atoms with Crippen LogP contribution in [0.5, 0.6) is 0 Å². The van der Waals surface area contributed by atoms with Crippen molar-refractivity contribution in [3.05, 3.63) is 78.2 Å². The van der Waals surface area contributed by atoms with Gasteiger partial charge in [0, 0.05) is 18.2 Å². The maximum atomic E-state index is 12.5. The van der Waals surface area contributed by atoms with E-state index in [9.17, 15) is 14.7 Å². The minimum Gasteiger partial charge on any atom is -0.481 e. The fourth-order valence-electron chi connectivity index (χ4n) is 4.21. The number of carboxylic acid groups (broad SMARTS) is 1. The summed E-state index contributed by atoms with van der Waals surface area (Å²) in [6.07, 6.45) is 3.96. The Morgan fingerprint density at radius 1 is 1.09 bits per heavy atom. The highest BCUT2D eigenvalue weighted by Gasteiger charge is 2.39. The number of nitrogens with one attached hydrogen (secondary N) is 2. The molecule has 8 nitrogen and oxygen atoms in total. The van der Waals surface area contributed by atoms with E-state index in [4.69, 9.17) is 4.74 Å². The summed E-state index contributed by atoms with van der Waals surface area (Å²) in [4.78, 5) is 32.5. The molecule has 0 bridgehead atoms. The van der Waals surface area contributed by atoms with E-state index in [1.54, 1.807) is 0 Å². The van der Waals surface area contributed by atoms with Crippen molar-refractivity contribution in [3.8, 4) is 11.3 Å². The number of carbonyl (C=O) groups excluding carboxylic acids is 1. The second-order valence-corrected chi connectivity index (χ2v) is 8.94. The zero-order valence-corrected chi connectivity index (χ0v) is 19.8. The molecule has 0 saturated heterocycles. The number of hydrogen-bond acceptors (Lipinski definition) is 6. The van der Waals surface area contributed by atoms with Crippen LogP contribution in [0.2, 0.25) is 0 Å². The van der Waals surface area contributed by atoms with Crippen molar-refractivity contribution in [2.24, 2.45) is 11.8 Å². The van der Waals surface area contributed by atoms with E-state index >= 15 is 0 Å². The van der Waals surface area contributed by atoms with Crippen LogP contribution in [-0.2, 0) is 16.1 Å². The second-order valence-electron chi connectivity index (χ2n) is 8.94. The minimum absolute atomic E-state index is 0.110. The van der Waals surface area contributed by atoms with Gasteiger partial charge >= 0.3 is 12.1 Å². The first-order valence-corrected chi connectivity index (χ1v) is 11.8. The van der Waals surface area contributed by atoms with Crippen LogP contribution in [0, 0.1) is 11.8 Å². The van der Waals surface area contributed by atoms with E-state index in [-0.39, 0.29) is 17.9 Å². The third kappa shape index (κ3) is 6.42. The summed E-state index contributed by atoms with van der Waals surface area (Å²) in [7, 11) is 0. The van der Waals surface area contributed by atoms with E-state index in [1.165, 1.54) is 12.5 Å². The van der Waals surface area contributed by atoms with Gasteiger partial charge in [0.05, 0.1) is 23.5 Å². The predicted molar refractivity (Wildman–Crippen MR) is 133 cm³/mol. The number of benzene rings is 2. The smallest absolute Gasteiger partial charge is 0.412 e. The number of aliphatic carboxylic acids is 1. The zero-order valence-electron chi connectivity index (χ0n) is 19.8. The Kier molecular flexibility index (Phi) is 7.72. The number of nitrogens with zero attached hydrogens (tertiary/aromatic N) is 2. The van der Waals surface area contributed by atoms with Crippen molar-refractivity contribution < 1.29 is 19.4 Å². The molecule has 35 heavy (non-hydrogen) atoms. The van der Waals surface area contributed by atoms with E-state index < -0.39 is 18.2 Å². The summed E-state index contributed by atoms with van der Waals surface area (Å²) in [6, 6.07) is 17.2. The number of carbonyl (C=O) groups is 2. The van der Waals surface area contributed by atoms with Crippen LogP contribution in [0.1, 0.15) is 43.9 Å². The molecule has 182 valence electrons. The van der Waals surface area contributed by atoms with E-state index in [1.807, 2.05) is 68.4 Å². The Morgan fingerprint density at radius 3 is 2.46 bits per heavy atom. The SMILES string of the molecule is CC(OC(=O)Nc1cncnc1-c1ccc(CNC(C)C(C(=O)O)C2CC2)cc1)c1ccccc1. The summed E-state index contributed by atoms with van der Waals surface area (Å²) in [6.45, 7) is 4.31. The highest BCUT2D eigenvalue weighted by molar-refractivity contribution is 5.89. The highest BCUT2D eigenvalue weighted by Crippen LogP contribution is 2.38. The summed E-state index contributed by atoms with van der Waals surface area (Å²) in [5.74, 6) is -0.806. The largest absolute Gasteiger partial charge is 0.481 e. The van der Waals surface area contributed by atoms with Crippen LogP contribution in [0.3, 0.4) is 0 Å². The van der Waals surface area contributed by atoms with Crippen molar-refractivity contribution in [2.45, 2.75) is 45.4 Å². The molecule has 0 aliphatic heterocycles. The number of hydrogen-bond donors (Lipinski definition) is 3. The van der Waals surface area contributed by atoms with Gasteiger partial charge in [0.15, 0.2) is 0 Å². The minimum atomic E-state index is -0.733. The standard InChI is InChI=1S/C27H30N4O4/c1-17(24(26(32)33)21-12-13-21)29-14-19-8-10-22(11-9-19)25-23(15-28-16-30-25)31-27(34)35-18(2)20-6-4-3-5-7-20/h3-11,15-18,21,24,29H,12-14H2,1-2H3,(H,31,34)(H,32,33). The number of amides is 1. The Morgan fingerprint density at radius 2 is 1.80 bits per heavy atom. The molecular weight excluding hydrogens is 444 g/mol. The van der Waals surface area contributed by atoms with Gasteiger partial charge in [0.1, 0.15) is 12.4 Å². The number of ether oxygens (including phenoxy) is 1. The highest BCUT2D eigenvalue weighted by atomic mass is 16.6. The lowest BCUT2D eigenvalue weighted by Crippen LogP contribution is -2.38. The monoisotopic (exact) mass is 474 g/mol. The summed E-state index contributed by atoms with van der Waals surface area (Å²) < 4.78 is 5.51. The molecule has 2 aromatic carbocycles.